The van der Waals surface area contributed by atoms with E-state index in [0.29, 0.717) is 22.9 Å². The van der Waals surface area contributed by atoms with E-state index in [4.69, 9.17) is 15.3 Å². The number of pyridine rings is 1. The maximum absolute atomic E-state index is 12.8. The van der Waals surface area contributed by atoms with Gasteiger partial charge in [0.1, 0.15) is 0 Å². The van der Waals surface area contributed by atoms with Crippen LogP contribution in [0.2, 0.25) is 0 Å². The van der Waals surface area contributed by atoms with Gasteiger partial charge < -0.3 is 9.64 Å². The molecule has 0 aliphatic rings. The van der Waals surface area contributed by atoms with Crippen LogP contribution in [0.5, 0.6) is 0 Å². The fraction of sp³-hybridized carbons (Fsp3) is 0.381. The molecule has 28 heavy (non-hydrogen) atoms. The molecule has 0 saturated carbocycles. The Bertz CT molecular complexity index is 939. The van der Waals surface area contributed by atoms with Gasteiger partial charge in [-0.1, -0.05) is 25.1 Å². The Kier molecular flexibility index (Phi) is 7.47. The summed E-state index contributed by atoms with van der Waals surface area (Å²) in [5, 5.41) is 18.1. The summed E-state index contributed by atoms with van der Waals surface area (Å²) < 4.78 is 5.30. The summed E-state index contributed by atoms with van der Waals surface area (Å²) in [5.41, 5.74) is 2.66. The maximum Gasteiger partial charge on any atom is 0.339 e. The van der Waals surface area contributed by atoms with Gasteiger partial charge in [-0.2, -0.15) is 10.5 Å². The van der Waals surface area contributed by atoms with Crippen LogP contribution in [0.3, 0.4) is 0 Å². The highest BCUT2D eigenvalue weighted by molar-refractivity contribution is 6.05. The van der Waals surface area contributed by atoms with E-state index in [2.05, 4.69) is 4.98 Å². The third-order valence-corrected chi connectivity index (χ3v) is 4.44. The largest absolute Gasteiger partial charge is 0.452 e. The van der Waals surface area contributed by atoms with Crippen LogP contribution in [0.4, 0.5) is 0 Å². The molecule has 1 heterocycles. The molecule has 7 heteroatoms. The molecule has 0 bridgehead atoms. The van der Waals surface area contributed by atoms with E-state index in [9.17, 15) is 9.59 Å². The van der Waals surface area contributed by atoms with Crippen molar-refractivity contribution in [1.82, 2.24) is 9.88 Å². The third-order valence-electron chi connectivity index (χ3n) is 4.44. The molecule has 7 nitrogen and oxygen atoms in total. The van der Waals surface area contributed by atoms with Crippen molar-refractivity contribution in [1.29, 1.82) is 10.5 Å². The molecule has 2 rings (SSSR count). The van der Waals surface area contributed by atoms with Gasteiger partial charge in [-0.15, -0.1) is 0 Å². The molecule has 0 unspecified atom stereocenters. The fourth-order valence-electron chi connectivity index (χ4n) is 2.99. The first-order valence-electron chi connectivity index (χ1n) is 9.10. The molecule has 0 atom stereocenters. The standard InChI is InChI=1S/C21H22N4O3/c1-3-17-15(2)20(16-8-4-5-9-18(16)24-17)21(27)28-14-19(26)25(12-6-10-22)13-7-11-23/h4-5,8-9H,3,6-7,12-14H2,1-2H3. The summed E-state index contributed by atoms with van der Waals surface area (Å²) in [4.78, 5) is 31.1. The van der Waals surface area contributed by atoms with Gasteiger partial charge in [-0.3, -0.25) is 9.78 Å². The van der Waals surface area contributed by atoms with E-state index < -0.39 is 18.5 Å². The molecule has 0 aliphatic heterocycles. The zero-order valence-electron chi connectivity index (χ0n) is 16.1. The molecular formula is C21H22N4O3. The highest BCUT2D eigenvalue weighted by Gasteiger charge is 2.21. The summed E-state index contributed by atoms with van der Waals surface area (Å²) in [5.74, 6) is -1.01. The van der Waals surface area contributed by atoms with Crippen LogP contribution in [0, 0.1) is 29.6 Å². The number of hydrogen-bond donors (Lipinski definition) is 0. The van der Waals surface area contributed by atoms with E-state index in [0.717, 1.165) is 11.3 Å². The van der Waals surface area contributed by atoms with Gasteiger partial charge in [-0.25, -0.2) is 4.79 Å². The molecule has 144 valence electrons. The van der Waals surface area contributed by atoms with Crippen LogP contribution in [0.1, 0.15) is 41.4 Å². The first-order chi connectivity index (χ1) is 13.5. The highest BCUT2D eigenvalue weighted by atomic mass is 16.5. The van der Waals surface area contributed by atoms with E-state index >= 15 is 0 Å². The van der Waals surface area contributed by atoms with Crippen LogP contribution in [-0.4, -0.2) is 41.5 Å². The van der Waals surface area contributed by atoms with Crippen molar-refractivity contribution in [3.8, 4) is 12.1 Å². The van der Waals surface area contributed by atoms with Crippen molar-refractivity contribution in [2.45, 2.75) is 33.1 Å². The normalized spacial score (nSPS) is 10.1. The first kappa shape index (κ1) is 20.9. The summed E-state index contributed by atoms with van der Waals surface area (Å²) in [6.45, 7) is 3.75. The third kappa shape index (κ3) is 4.83. The number of nitriles is 2. The molecule has 0 spiro atoms. The molecule has 0 aliphatic carbocycles. The average Bonchev–Trinajstić information content (AvgIpc) is 2.71. The van der Waals surface area contributed by atoms with Crippen molar-refractivity contribution in [2.75, 3.05) is 19.7 Å². The second-order valence-corrected chi connectivity index (χ2v) is 6.20. The molecule has 0 fully saturated rings. The number of hydrogen-bond acceptors (Lipinski definition) is 6. The monoisotopic (exact) mass is 378 g/mol. The maximum atomic E-state index is 12.8. The Morgan fingerprint density at radius 2 is 1.79 bits per heavy atom. The van der Waals surface area contributed by atoms with Gasteiger partial charge in [0.05, 0.1) is 36.1 Å². The molecule has 0 radical (unpaired) electrons. The lowest BCUT2D eigenvalue weighted by Crippen LogP contribution is -2.36. The van der Waals surface area contributed by atoms with Gasteiger partial charge in [0.15, 0.2) is 6.61 Å². The van der Waals surface area contributed by atoms with E-state index in [-0.39, 0.29) is 25.9 Å². The molecule has 0 N–H and O–H groups in total. The first-order valence-corrected chi connectivity index (χ1v) is 9.10. The van der Waals surface area contributed by atoms with Crippen molar-refractivity contribution in [3.63, 3.8) is 0 Å². The minimum absolute atomic E-state index is 0.152. The minimum Gasteiger partial charge on any atom is -0.452 e. The van der Waals surface area contributed by atoms with E-state index in [1.807, 2.05) is 44.2 Å². The number of nitrogens with zero attached hydrogens (tertiary/aromatic N) is 4. The molecule has 1 amide bonds. The Balaban J connectivity index is 2.21. The van der Waals surface area contributed by atoms with Crippen molar-refractivity contribution in [2.24, 2.45) is 0 Å². The van der Waals surface area contributed by atoms with Gasteiger partial charge in [0.2, 0.25) is 0 Å². The predicted octanol–water partition coefficient (Wildman–Crippen LogP) is 2.92. The van der Waals surface area contributed by atoms with E-state index in [1.54, 1.807) is 6.07 Å². The number of carbonyl (C=O) groups is 2. The van der Waals surface area contributed by atoms with E-state index in [1.165, 1.54) is 4.90 Å². The summed E-state index contributed by atoms with van der Waals surface area (Å²) >= 11 is 0. The number of aryl methyl sites for hydroxylation is 1. The fourth-order valence-corrected chi connectivity index (χ4v) is 2.99. The number of amides is 1. The lowest BCUT2D eigenvalue weighted by atomic mass is 10.0. The van der Waals surface area contributed by atoms with Gasteiger partial charge in [-0.05, 0) is 25.0 Å². The zero-order valence-corrected chi connectivity index (χ0v) is 16.1. The Hall–Kier alpha value is -3.45. The number of fused-ring (bicyclic) bond motifs is 1. The Morgan fingerprint density at radius 3 is 2.39 bits per heavy atom. The van der Waals surface area contributed by atoms with Crippen molar-refractivity contribution < 1.29 is 14.3 Å². The molecule has 1 aromatic carbocycles. The predicted molar refractivity (Wildman–Crippen MR) is 103 cm³/mol. The SMILES string of the molecule is CCc1nc2ccccc2c(C(=O)OCC(=O)N(CCC#N)CCC#N)c1C. The van der Waals surface area contributed by atoms with Crippen LogP contribution in [0.25, 0.3) is 10.9 Å². The van der Waals surface area contributed by atoms with Crippen molar-refractivity contribution in [3.05, 3.63) is 41.1 Å². The second kappa shape index (κ2) is 10.0. The number of benzene rings is 1. The topological polar surface area (TPSA) is 107 Å². The molecular weight excluding hydrogens is 356 g/mol. The summed E-state index contributed by atoms with van der Waals surface area (Å²) in [7, 11) is 0. The summed E-state index contributed by atoms with van der Waals surface area (Å²) in [6.07, 6.45) is 0.976. The number of esters is 1. The lowest BCUT2D eigenvalue weighted by Gasteiger charge is -2.20. The average molecular weight is 378 g/mol. The second-order valence-electron chi connectivity index (χ2n) is 6.20. The van der Waals surface area contributed by atoms with Gasteiger partial charge in [0.25, 0.3) is 5.91 Å². The van der Waals surface area contributed by atoms with Gasteiger partial charge >= 0.3 is 5.97 Å². The smallest absolute Gasteiger partial charge is 0.339 e. The lowest BCUT2D eigenvalue weighted by molar-refractivity contribution is -0.134. The van der Waals surface area contributed by atoms with Crippen LogP contribution in [0.15, 0.2) is 24.3 Å². The summed E-state index contributed by atoms with van der Waals surface area (Å²) in [6, 6.07) is 11.3. The van der Waals surface area contributed by atoms with Crippen LogP contribution >= 0.6 is 0 Å². The van der Waals surface area contributed by atoms with Crippen molar-refractivity contribution >= 4 is 22.8 Å². The number of ether oxygens (including phenoxy) is 1. The molecule has 1 aromatic heterocycles. The zero-order chi connectivity index (χ0) is 20.5. The van der Waals surface area contributed by atoms with Gasteiger partial charge in [0, 0.05) is 24.2 Å². The highest BCUT2D eigenvalue weighted by Crippen LogP contribution is 2.24. The molecule has 0 saturated heterocycles. The minimum atomic E-state index is -0.584. The number of carbonyl (C=O) groups excluding carboxylic acids is 2. The molecule has 2 aromatic rings. The van der Waals surface area contributed by atoms with Crippen LogP contribution in [-0.2, 0) is 16.0 Å². The number of para-hydroxylation sites is 1. The number of rotatable bonds is 8. The van der Waals surface area contributed by atoms with Crippen LogP contribution < -0.4 is 0 Å². The quantitative estimate of drug-likeness (QED) is 0.654. The Morgan fingerprint density at radius 1 is 1.14 bits per heavy atom. The Labute approximate surface area is 164 Å². The number of aromatic nitrogens is 1.